The number of hydrogen-bond donors (Lipinski definition) is 0. The van der Waals surface area contributed by atoms with Crippen molar-refractivity contribution in [3.8, 4) is 0 Å². The molecule has 1 saturated carbocycles. The van der Waals surface area contributed by atoms with Crippen LogP contribution in [0.2, 0.25) is 0 Å². The van der Waals surface area contributed by atoms with Gasteiger partial charge in [0.25, 0.3) is 0 Å². The van der Waals surface area contributed by atoms with E-state index >= 15 is 0 Å². The Balaban J connectivity index is 2.30. The van der Waals surface area contributed by atoms with Crippen molar-refractivity contribution in [3.05, 3.63) is 23.8 Å². The second kappa shape index (κ2) is 3.87. The number of carbonyl (C=O) groups excluding carboxylic acids is 1. The second-order valence-corrected chi connectivity index (χ2v) is 5.94. The zero-order chi connectivity index (χ0) is 11.9. The smallest absolute Gasteiger partial charge is 0.155 e. The van der Waals surface area contributed by atoms with E-state index in [4.69, 9.17) is 0 Å². The van der Waals surface area contributed by atoms with E-state index in [9.17, 15) is 4.79 Å². The predicted octanol–water partition coefficient (Wildman–Crippen LogP) is 3.90. The Labute approximate surface area is 98.6 Å². The highest BCUT2D eigenvalue weighted by atomic mass is 16.1. The van der Waals surface area contributed by atoms with E-state index in [1.54, 1.807) is 0 Å². The molecule has 0 aliphatic heterocycles. The molecule has 1 fully saturated rings. The zero-order valence-electron chi connectivity index (χ0n) is 10.7. The minimum Gasteiger partial charge on any atom is -0.295 e. The van der Waals surface area contributed by atoms with Gasteiger partial charge in [0.05, 0.1) is 0 Å². The van der Waals surface area contributed by atoms with Crippen molar-refractivity contribution in [1.29, 1.82) is 0 Å². The van der Waals surface area contributed by atoms with Crippen LogP contribution in [0.3, 0.4) is 0 Å². The molecule has 0 amide bonds. The predicted molar refractivity (Wildman–Crippen MR) is 67.1 cm³/mol. The lowest BCUT2D eigenvalue weighted by Gasteiger charge is -2.47. The number of fused-ring (bicyclic) bond motifs is 1. The van der Waals surface area contributed by atoms with E-state index in [0.29, 0.717) is 17.6 Å². The Morgan fingerprint density at radius 3 is 2.88 bits per heavy atom. The van der Waals surface area contributed by atoms with E-state index in [1.165, 1.54) is 24.0 Å². The first-order chi connectivity index (χ1) is 7.43. The van der Waals surface area contributed by atoms with Gasteiger partial charge in [-0.05, 0) is 49.5 Å². The van der Waals surface area contributed by atoms with Crippen LogP contribution in [0.15, 0.2) is 23.8 Å². The zero-order valence-corrected chi connectivity index (χ0v) is 10.7. The highest BCUT2D eigenvalue weighted by Crippen LogP contribution is 2.52. The average molecular weight is 218 g/mol. The van der Waals surface area contributed by atoms with Crippen LogP contribution >= 0.6 is 0 Å². The molecule has 1 nitrogen and oxygen atoms in total. The van der Waals surface area contributed by atoms with Crippen LogP contribution in [-0.2, 0) is 4.79 Å². The molecule has 0 N–H and O–H groups in total. The normalized spacial score (nSPS) is 38.9. The van der Waals surface area contributed by atoms with Crippen molar-refractivity contribution in [2.45, 2.75) is 46.5 Å². The molecule has 2 rings (SSSR count). The fourth-order valence-electron chi connectivity index (χ4n) is 3.32. The Morgan fingerprint density at radius 2 is 2.25 bits per heavy atom. The third kappa shape index (κ3) is 1.77. The largest absolute Gasteiger partial charge is 0.295 e. The minimum absolute atomic E-state index is 0.246. The quantitative estimate of drug-likeness (QED) is 0.610. The lowest BCUT2D eigenvalue weighted by molar-refractivity contribution is -0.117. The fraction of sp³-hybridized carbons (Fsp3) is 0.667. The topological polar surface area (TPSA) is 17.1 Å². The summed E-state index contributed by atoms with van der Waals surface area (Å²) in [6.07, 6.45) is 6.10. The Kier molecular flexibility index (Phi) is 2.81. The number of rotatable bonds is 1. The van der Waals surface area contributed by atoms with Gasteiger partial charge in [-0.3, -0.25) is 4.79 Å². The molecular formula is C15H22O. The van der Waals surface area contributed by atoms with Gasteiger partial charge >= 0.3 is 0 Å². The highest BCUT2D eigenvalue weighted by Gasteiger charge is 2.43. The molecule has 0 aromatic rings. The molecule has 0 saturated heterocycles. The van der Waals surface area contributed by atoms with Gasteiger partial charge in [-0.1, -0.05) is 31.6 Å². The molecular weight excluding hydrogens is 196 g/mol. The molecule has 1 heteroatoms. The van der Waals surface area contributed by atoms with Gasteiger partial charge in [0.1, 0.15) is 0 Å². The molecule has 2 unspecified atom stereocenters. The molecule has 3 atom stereocenters. The van der Waals surface area contributed by atoms with Crippen molar-refractivity contribution in [2.75, 3.05) is 0 Å². The van der Waals surface area contributed by atoms with Crippen LogP contribution in [0.4, 0.5) is 0 Å². The van der Waals surface area contributed by atoms with Crippen LogP contribution in [0.1, 0.15) is 46.5 Å². The molecule has 2 aliphatic carbocycles. The van der Waals surface area contributed by atoms with E-state index in [0.717, 1.165) is 12.8 Å². The molecule has 16 heavy (non-hydrogen) atoms. The molecule has 2 aliphatic rings. The molecule has 0 heterocycles. The average Bonchev–Trinajstić information content (AvgIpc) is 2.19. The van der Waals surface area contributed by atoms with Crippen LogP contribution in [0, 0.1) is 17.3 Å². The first-order valence-electron chi connectivity index (χ1n) is 6.33. The van der Waals surface area contributed by atoms with Gasteiger partial charge in [-0.25, -0.2) is 0 Å². The lowest BCUT2D eigenvalue weighted by Crippen LogP contribution is -2.38. The number of carbonyl (C=O) groups is 1. The second-order valence-electron chi connectivity index (χ2n) is 5.94. The van der Waals surface area contributed by atoms with E-state index in [2.05, 4.69) is 27.4 Å². The molecule has 0 aromatic heterocycles. The molecule has 0 spiro atoms. The maximum absolute atomic E-state index is 11.6. The summed E-state index contributed by atoms with van der Waals surface area (Å²) in [5.74, 6) is 1.47. The van der Waals surface area contributed by atoms with E-state index in [1.807, 2.05) is 6.08 Å². The van der Waals surface area contributed by atoms with E-state index in [-0.39, 0.29) is 5.41 Å². The maximum atomic E-state index is 11.6. The summed E-state index contributed by atoms with van der Waals surface area (Å²) in [4.78, 5) is 11.6. The van der Waals surface area contributed by atoms with Gasteiger partial charge in [-0.2, -0.15) is 0 Å². The number of hydrogen-bond acceptors (Lipinski definition) is 1. The summed E-state index contributed by atoms with van der Waals surface area (Å²) in [7, 11) is 0. The van der Waals surface area contributed by atoms with Crippen molar-refractivity contribution in [2.24, 2.45) is 17.3 Å². The van der Waals surface area contributed by atoms with Crippen molar-refractivity contribution in [1.82, 2.24) is 0 Å². The Morgan fingerprint density at radius 1 is 1.56 bits per heavy atom. The molecule has 0 aromatic carbocycles. The van der Waals surface area contributed by atoms with Crippen molar-refractivity contribution in [3.63, 3.8) is 0 Å². The lowest BCUT2D eigenvalue weighted by atomic mass is 9.57. The van der Waals surface area contributed by atoms with Gasteiger partial charge < -0.3 is 0 Å². The standard InChI is InChI=1S/C15H22O/c1-10(2)12-5-6-13-8-14(16)7-11(3)15(13,4)9-12/h8,11-12H,1,5-7,9H2,2-4H3/t11-,12?,15?/m1/s1. The molecule has 0 bridgehead atoms. The Hall–Kier alpha value is -0.850. The van der Waals surface area contributed by atoms with Crippen LogP contribution < -0.4 is 0 Å². The first kappa shape index (κ1) is 11.6. The van der Waals surface area contributed by atoms with Gasteiger partial charge in [0.2, 0.25) is 0 Å². The molecule has 0 radical (unpaired) electrons. The SMILES string of the molecule is C=C(C)C1CCC2=CC(=O)C[C@@H](C)C2(C)C1. The van der Waals surface area contributed by atoms with E-state index < -0.39 is 0 Å². The summed E-state index contributed by atoms with van der Waals surface area (Å²) in [6, 6.07) is 0. The summed E-state index contributed by atoms with van der Waals surface area (Å²) < 4.78 is 0. The minimum atomic E-state index is 0.246. The summed E-state index contributed by atoms with van der Waals surface area (Å²) in [6.45, 7) is 10.8. The highest BCUT2D eigenvalue weighted by molar-refractivity contribution is 5.92. The van der Waals surface area contributed by atoms with Crippen molar-refractivity contribution >= 4 is 5.78 Å². The third-order valence-corrected chi connectivity index (χ3v) is 4.79. The van der Waals surface area contributed by atoms with Gasteiger partial charge in [-0.15, -0.1) is 0 Å². The summed E-state index contributed by atoms with van der Waals surface area (Å²) in [5.41, 5.74) is 2.95. The first-order valence-corrected chi connectivity index (χ1v) is 6.33. The van der Waals surface area contributed by atoms with Crippen molar-refractivity contribution < 1.29 is 4.79 Å². The Bertz CT molecular complexity index is 364. The third-order valence-electron chi connectivity index (χ3n) is 4.79. The summed E-state index contributed by atoms with van der Waals surface area (Å²) in [5, 5.41) is 0. The fourth-order valence-corrected chi connectivity index (χ4v) is 3.32. The van der Waals surface area contributed by atoms with Gasteiger partial charge in [0.15, 0.2) is 5.78 Å². The number of ketones is 1. The summed E-state index contributed by atoms with van der Waals surface area (Å²) >= 11 is 0. The van der Waals surface area contributed by atoms with Crippen LogP contribution in [-0.4, -0.2) is 5.78 Å². The number of allylic oxidation sites excluding steroid dienone is 3. The van der Waals surface area contributed by atoms with Crippen LogP contribution in [0.25, 0.3) is 0 Å². The van der Waals surface area contributed by atoms with Gasteiger partial charge in [0, 0.05) is 6.42 Å². The maximum Gasteiger partial charge on any atom is 0.155 e. The molecule has 88 valence electrons. The monoisotopic (exact) mass is 218 g/mol. The van der Waals surface area contributed by atoms with Crippen LogP contribution in [0.5, 0.6) is 0 Å².